The van der Waals surface area contributed by atoms with Gasteiger partial charge >= 0.3 is 0 Å². The molecule has 4 rings (SSSR count). The summed E-state index contributed by atoms with van der Waals surface area (Å²) in [5, 5.41) is 10.4. The number of hydrogen-bond donors (Lipinski definition) is 2. The molecule has 0 aliphatic heterocycles. The Labute approximate surface area is 154 Å². The van der Waals surface area contributed by atoms with Crippen molar-refractivity contribution >= 4 is 27.1 Å². The highest BCUT2D eigenvalue weighted by molar-refractivity contribution is 7.91. The van der Waals surface area contributed by atoms with Crippen LogP contribution in [0.25, 0.3) is 0 Å². The summed E-state index contributed by atoms with van der Waals surface area (Å²) in [5.74, 6) is -1.77. The molecule has 3 N–H and O–H groups in total. The molecule has 27 heavy (non-hydrogen) atoms. The predicted octanol–water partition coefficient (Wildman–Crippen LogP) is 2.58. The van der Waals surface area contributed by atoms with Crippen molar-refractivity contribution in [2.75, 3.05) is 5.73 Å². The number of benzene rings is 3. The fraction of sp³-hybridized carbons (Fsp3) is 0. The van der Waals surface area contributed by atoms with Crippen molar-refractivity contribution in [3.05, 3.63) is 82.9 Å². The molecule has 0 amide bonds. The zero-order chi connectivity index (χ0) is 19.3. The summed E-state index contributed by atoms with van der Waals surface area (Å²) in [4.78, 5) is 25.2. The Morgan fingerprint density at radius 1 is 0.778 bits per heavy atom. The minimum atomic E-state index is -4.09. The maximum atomic E-state index is 12.9. The highest BCUT2D eigenvalue weighted by Crippen LogP contribution is 2.40. The quantitative estimate of drug-likeness (QED) is 0.409. The van der Waals surface area contributed by atoms with Crippen LogP contribution in [0.4, 0.5) is 5.69 Å². The topological polar surface area (TPSA) is 115 Å². The fourth-order valence-electron chi connectivity index (χ4n) is 3.22. The first-order valence-electron chi connectivity index (χ1n) is 7.98. The summed E-state index contributed by atoms with van der Waals surface area (Å²) < 4.78 is 25.9. The van der Waals surface area contributed by atoms with Crippen LogP contribution in [0.1, 0.15) is 31.8 Å². The van der Waals surface area contributed by atoms with Gasteiger partial charge in [-0.1, -0.05) is 42.5 Å². The average Bonchev–Trinajstić information content (AvgIpc) is 2.68. The molecule has 3 aromatic carbocycles. The molecule has 0 heterocycles. The molecule has 7 heteroatoms. The zero-order valence-electron chi connectivity index (χ0n) is 13.8. The normalized spacial score (nSPS) is 13.2. The van der Waals surface area contributed by atoms with E-state index in [1.54, 1.807) is 30.3 Å². The van der Waals surface area contributed by atoms with Crippen LogP contribution in [0, 0.1) is 0 Å². The van der Waals surface area contributed by atoms with E-state index in [0.29, 0.717) is 0 Å². The highest BCUT2D eigenvalue weighted by Gasteiger charge is 2.36. The van der Waals surface area contributed by atoms with E-state index in [1.165, 1.54) is 24.3 Å². The second kappa shape index (κ2) is 5.78. The lowest BCUT2D eigenvalue weighted by Crippen LogP contribution is -2.24. The number of carbonyl (C=O) groups is 2. The second-order valence-electron chi connectivity index (χ2n) is 6.08. The van der Waals surface area contributed by atoms with E-state index in [-0.39, 0.29) is 32.8 Å². The number of hydrogen-bond acceptors (Lipinski definition) is 6. The van der Waals surface area contributed by atoms with Gasteiger partial charge in [0.2, 0.25) is 9.84 Å². The highest BCUT2D eigenvalue weighted by atomic mass is 32.2. The maximum Gasteiger partial charge on any atom is 0.208 e. The number of aromatic hydroxyl groups is 1. The Balaban J connectivity index is 2.02. The Bertz CT molecular complexity index is 1230. The Morgan fingerprint density at radius 3 is 1.89 bits per heavy atom. The third-order valence-corrected chi connectivity index (χ3v) is 6.33. The lowest BCUT2D eigenvalue weighted by atomic mass is 9.83. The monoisotopic (exact) mass is 379 g/mol. The standard InChI is InChI=1S/C20H13NO5S/c21-18-15(27(25,26)11-6-2-1-3-7-11)10-14(22)16-17(18)20(24)13-9-5-4-8-12(13)19(16)23/h1-10,22H,21H2. The molecule has 1 aliphatic rings. The number of phenolic OH excluding ortho intramolecular Hbond substituents is 1. The van der Waals surface area contributed by atoms with Gasteiger partial charge in [-0.3, -0.25) is 9.59 Å². The van der Waals surface area contributed by atoms with Crippen LogP contribution in [0.5, 0.6) is 5.75 Å². The summed E-state index contributed by atoms with van der Waals surface area (Å²) in [6.45, 7) is 0. The molecule has 1 aliphatic carbocycles. The number of nitrogen functional groups attached to an aromatic ring is 1. The van der Waals surface area contributed by atoms with E-state index >= 15 is 0 Å². The van der Waals surface area contributed by atoms with Crippen molar-refractivity contribution in [1.29, 1.82) is 0 Å². The van der Waals surface area contributed by atoms with Crippen molar-refractivity contribution in [2.45, 2.75) is 9.79 Å². The third-order valence-electron chi connectivity index (χ3n) is 4.52. The van der Waals surface area contributed by atoms with E-state index < -0.39 is 32.0 Å². The van der Waals surface area contributed by atoms with Crippen molar-refractivity contribution < 1.29 is 23.1 Å². The van der Waals surface area contributed by atoms with Crippen LogP contribution >= 0.6 is 0 Å². The molecule has 0 unspecified atom stereocenters. The van der Waals surface area contributed by atoms with Crippen LogP contribution in [0.3, 0.4) is 0 Å². The molecule has 0 atom stereocenters. The summed E-state index contributed by atoms with van der Waals surface area (Å²) in [6.07, 6.45) is 0. The fourth-order valence-corrected chi connectivity index (χ4v) is 4.65. The van der Waals surface area contributed by atoms with Crippen molar-refractivity contribution in [1.82, 2.24) is 0 Å². The molecule has 3 aromatic rings. The lowest BCUT2D eigenvalue weighted by molar-refractivity contribution is 0.0977. The van der Waals surface area contributed by atoms with Gasteiger partial charge in [-0.25, -0.2) is 8.42 Å². The van der Waals surface area contributed by atoms with E-state index in [1.807, 2.05) is 0 Å². The van der Waals surface area contributed by atoms with Crippen molar-refractivity contribution in [3.8, 4) is 5.75 Å². The average molecular weight is 379 g/mol. The lowest BCUT2D eigenvalue weighted by Gasteiger charge is -2.21. The SMILES string of the molecule is Nc1c(S(=O)(=O)c2ccccc2)cc(O)c2c1C(=O)c1ccccc1C2=O. The number of sulfone groups is 1. The molecule has 0 aromatic heterocycles. The zero-order valence-corrected chi connectivity index (χ0v) is 14.7. The molecular formula is C20H13NO5S. The Morgan fingerprint density at radius 2 is 1.30 bits per heavy atom. The van der Waals surface area contributed by atoms with Gasteiger partial charge in [-0.05, 0) is 12.1 Å². The molecule has 0 radical (unpaired) electrons. The number of carbonyl (C=O) groups excluding carboxylic acids is 2. The minimum absolute atomic E-state index is 0.0361. The number of ketones is 2. The first-order valence-corrected chi connectivity index (χ1v) is 9.46. The molecule has 0 bridgehead atoms. The van der Waals surface area contributed by atoms with E-state index in [0.717, 1.165) is 6.07 Å². The van der Waals surface area contributed by atoms with Gasteiger partial charge in [0, 0.05) is 17.2 Å². The van der Waals surface area contributed by atoms with Gasteiger partial charge in [0.15, 0.2) is 11.6 Å². The van der Waals surface area contributed by atoms with Crippen LogP contribution < -0.4 is 5.73 Å². The van der Waals surface area contributed by atoms with Crippen LogP contribution in [-0.2, 0) is 9.84 Å². The molecule has 0 fully saturated rings. The maximum absolute atomic E-state index is 12.9. The van der Waals surface area contributed by atoms with E-state index in [9.17, 15) is 23.1 Å². The summed E-state index contributed by atoms with van der Waals surface area (Å²) >= 11 is 0. The Hall–Kier alpha value is -3.45. The molecule has 6 nitrogen and oxygen atoms in total. The Kier molecular flexibility index (Phi) is 3.64. The van der Waals surface area contributed by atoms with Gasteiger partial charge < -0.3 is 10.8 Å². The summed E-state index contributed by atoms with van der Waals surface area (Å²) in [6, 6.07) is 14.6. The van der Waals surface area contributed by atoms with Gasteiger partial charge in [-0.2, -0.15) is 0 Å². The summed E-state index contributed by atoms with van der Waals surface area (Å²) in [5.41, 5.74) is 5.40. The molecule has 0 saturated carbocycles. The molecule has 0 spiro atoms. The van der Waals surface area contributed by atoms with E-state index in [2.05, 4.69) is 0 Å². The first-order chi connectivity index (χ1) is 12.8. The molecule has 134 valence electrons. The number of rotatable bonds is 2. The van der Waals surface area contributed by atoms with Crippen molar-refractivity contribution in [3.63, 3.8) is 0 Å². The number of nitrogens with two attached hydrogens (primary N) is 1. The van der Waals surface area contributed by atoms with Crippen molar-refractivity contribution in [2.24, 2.45) is 0 Å². The van der Waals surface area contributed by atoms with Crippen LogP contribution in [0.2, 0.25) is 0 Å². The minimum Gasteiger partial charge on any atom is -0.507 e. The number of phenols is 1. The molecular weight excluding hydrogens is 366 g/mol. The number of fused-ring (bicyclic) bond motifs is 2. The van der Waals surface area contributed by atoms with Gasteiger partial charge in [0.1, 0.15) is 5.75 Å². The molecule has 0 saturated heterocycles. The first kappa shape index (κ1) is 17.0. The van der Waals surface area contributed by atoms with Crippen LogP contribution in [-0.4, -0.2) is 25.1 Å². The van der Waals surface area contributed by atoms with Gasteiger partial charge in [0.05, 0.1) is 26.6 Å². The van der Waals surface area contributed by atoms with Gasteiger partial charge in [-0.15, -0.1) is 0 Å². The summed E-state index contributed by atoms with van der Waals surface area (Å²) in [7, 11) is -4.09. The predicted molar refractivity (Wildman–Crippen MR) is 97.7 cm³/mol. The third kappa shape index (κ3) is 2.36. The number of anilines is 1. The van der Waals surface area contributed by atoms with Gasteiger partial charge in [0.25, 0.3) is 0 Å². The van der Waals surface area contributed by atoms with Crippen LogP contribution in [0.15, 0.2) is 70.5 Å². The second-order valence-corrected chi connectivity index (χ2v) is 8.00. The largest absolute Gasteiger partial charge is 0.507 e. The van der Waals surface area contributed by atoms with E-state index in [4.69, 9.17) is 5.73 Å². The smallest absolute Gasteiger partial charge is 0.208 e.